The molecule has 5 heteroatoms. The fourth-order valence-electron chi connectivity index (χ4n) is 2.18. The Morgan fingerprint density at radius 3 is 2.18 bits per heavy atom. The van der Waals surface area contributed by atoms with Gasteiger partial charge in [0, 0.05) is 4.47 Å². The molecule has 0 heterocycles. The van der Waals surface area contributed by atoms with Gasteiger partial charge in [0.25, 0.3) is 0 Å². The summed E-state index contributed by atoms with van der Waals surface area (Å²) in [6.07, 6.45) is 0.00116. The number of hydrogen-bond donors (Lipinski definition) is 0. The van der Waals surface area contributed by atoms with E-state index >= 15 is 0 Å². The molecule has 22 heavy (non-hydrogen) atoms. The van der Waals surface area contributed by atoms with Crippen LogP contribution < -0.4 is 0 Å². The van der Waals surface area contributed by atoms with Crippen LogP contribution in [0.15, 0.2) is 28.7 Å². The van der Waals surface area contributed by atoms with Crippen molar-refractivity contribution in [2.75, 3.05) is 7.11 Å². The summed E-state index contributed by atoms with van der Waals surface area (Å²) in [5.41, 5.74) is 0.403. The van der Waals surface area contributed by atoms with Crippen LogP contribution in [0.1, 0.15) is 45.6 Å². The number of hydrogen-bond acceptors (Lipinski definition) is 4. The highest BCUT2D eigenvalue weighted by atomic mass is 79.9. The van der Waals surface area contributed by atoms with E-state index in [2.05, 4.69) is 15.9 Å². The lowest BCUT2D eigenvalue weighted by atomic mass is 9.85. The minimum absolute atomic E-state index is 0.00116. The predicted molar refractivity (Wildman–Crippen MR) is 88.5 cm³/mol. The molecule has 0 bridgehead atoms. The molecule has 2 unspecified atom stereocenters. The summed E-state index contributed by atoms with van der Waals surface area (Å²) < 4.78 is 11.1. The van der Waals surface area contributed by atoms with Crippen molar-refractivity contribution in [1.82, 2.24) is 0 Å². The van der Waals surface area contributed by atoms with Gasteiger partial charge in [-0.15, -0.1) is 0 Å². The molecule has 4 nitrogen and oxygen atoms in total. The molecule has 0 radical (unpaired) electrons. The van der Waals surface area contributed by atoms with Gasteiger partial charge in [-0.3, -0.25) is 9.59 Å². The third-order valence-corrected chi connectivity index (χ3v) is 3.84. The van der Waals surface area contributed by atoms with E-state index < -0.39 is 23.5 Å². The van der Waals surface area contributed by atoms with Crippen molar-refractivity contribution in [3.8, 4) is 0 Å². The molecular formula is C17H23BrO4. The molecule has 122 valence electrons. The fraction of sp³-hybridized carbons (Fsp3) is 0.529. The topological polar surface area (TPSA) is 52.6 Å². The Morgan fingerprint density at radius 1 is 1.18 bits per heavy atom. The van der Waals surface area contributed by atoms with Crippen LogP contribution in [0, 0.1) is 5.92 Å². The number of benzene rings is 1. The van der Waals surface area contributed by atoms with Gasteiger partial charge in [0.2, 0.25) is 0 Å². The number of ether oxygens (including phenoxy) is 2. The van der Waals surface area contributed by atoms with Crippen LogP contribution in [0.25, 0.3) is 0 Å². The van der Waals surface area contributed by atoms with Crippen molar-refractivity contribution in [1.29, 1.82) is 0 Å². The first-order valence-corrected chi connectivity index (χ1v) is 7.98. The molecule has 0 saturated heterocycles. The lowest BCUT2D eigenvalue weighted by Gasteiger charge is -2.24. The van der Waals surface area contributed by atoms with Crippen LogP contribution in [0.2, 0.25) is 0 Å². The molecule has 0 aromatic heterocycles. The maximum atomic E-state index is 12.1. The maximum absolute atomic E-state index is 12.1. The lowest BCUT2D eigenvalue weighted by molar-refractivity contribution is -0.161. The van der Waals surface area contributed by atoms with Gasteiger partial charge in [-0.05, 0) is 44.4 Å². The van der Waals surface area contributed by atoms with Crippen LogP contribution in [0.3, 0.4) is 0 Å². The van der Waals surface area contributed by atoms with Crippen LogP contribution in [-0.4, -0.2) is 24.6 Å². The molecular weight excluding hydrogens is 348 g/mol. The second-order valence-corrected chi connectivity index (χ2v) is 7.18. The van der Waals surface area contributed by atoms with Crippen molar-refractivity contribution >= 4 is 27.9 Å². The Labute approximate surface area is 140 Å². The van der Waals surface area contributed by atoms with Crippen molar-refractivity contribution in [3.05, 3.63) is 34.3 Å². The van der Waals surface area contributed by atoms with Crippen LogP contribution in [0.5, 0.6) is 0 Å². The molecule has 1 aromatic carbocycles. The number of carbonyl (C=O) groups is 2. The Hall–Kier alpha value is -1.36. The number of rotatable bonds is 5. The van der Waals surface area contributed by atoms with Crippen LogP contribution >= 0.6 is 15.9 Å². The van der Waals surface area contributed by atoms with Crippen LogP contribution in [-0.2, 0) is 19.1 Å². The number of carbonyl (C=O) groups excluding carboxylic acids is 2. The van der Waals surface area contributed by atoms with Gasteiger partial charge in [-0.1, -0.05) is 35.0 Å². The Bertz CT molecular complexity index is 516. The smallest absolute Gasteiger partial charge is 0.309 e. The summed E-state index contributed by atoms with van der Waals surface area (Å²) in [6, 6.07) is 7.68. The van der Waals surface area contributed by atoms with Gasteiger partial charge >= 0.3 is 11.9 Å². The highest BCUT2D eigenvalue weighted by Gasteiger charge is 2.31. The zero-order chi connectivity index (χ0) is 16.9. The molecule has 1 aromatic rings. The second-order valence-electron chi connectivity index (χ2n) is 6.26. The van der Waals surface area contributed by atoms with E-state index in [1.807, 2.05) is 31.2 Å². The van der Waals surface area contributed by atoms with E-state index in [1.54, 1.807) is 20.8 Å². The van der Waals surface area contributed by atoms with Gasteiger partial charge in [0.15, 0.2) is 0 Å². The van der Waals surface area contributed by atoms with Gasteiger partial charge in [-0.2, -0.15) is 0 Å². The normalized spacial score (nSPS) is 14.1. The summed E-state index contributed by atoms with van der Waals surface area (Å²) >= 11 is 3.38. The highest BCUT2D eigenvalue weighted by molar-refractivity contribution is 9.10. The molecule has 2 atom stereocenters. The predicted octanol–water partition coefficient (Wildman–Crippen LogP) is 4.07. The van der Waals surface area contributed by atoms with Crippen molar-refractivity contribution in [3.63, 3.8) is 0 Å². The largest absolute Gasteiger partial charge is 0.469 e. The summed E-state index contributed by atoms with van der Waals surface area (Å²) in [4.78, 5) is 24.1. The SMILES string of the molecule is COC(=O)C(CC(=O)OC(C)(C)C)C(C)c1ccc(Br)cc1. The monoisotopic (exact) mass is 370 g/mol. The summed E-state index contributed by atoms with van der Waals surface area (Å²) in [6.45, 7) is 7.32. The summed E-state index contributed by atoms with van der Waals surface area (Å²) in [7, 11) is 1.33. The minimum Gasteiger partial charge on any atom is -0.469 e. The van der Waals surface area contributed by atoms with Crippen molar-refractivity contribution in [2.45, 2.75) is 45.6 Å². The standard InChI is InChI=1S/C17H23BrO4/c1-11(12-6-8-13(18)9-7-12)14(16(20)21-5)10-15(19)22-17(2,3)4/h6-9,11,14H,10H2,1-5H3. The molecule has 0 fully saturated rings. The molecule has 0 spiro atoms. The van der Waals surface area contributed by atoms with Gasteiger partial charge in [0.05, 0.1) is 19.4 Å². The molecule has 0 aliphatic rings. The Balaban J connectivity index is 2.90. The second kappa shape index (κ2) is 7.77. The molecule has 0 saturated carbocycles. The molecule has 0 amide bonds. The van der Waals surface area contributed by atoms with E-state index in [0.717, 1.165) is 10.0 Å². The van der Waals surface area contributed by atoms with Crippen molar-refractivity contribution in [2.24, 2.45) is 5.92 Å². The van der Waals surface area contributed by atoms with Crippen molar-refractivity contribution < 1.29 is 19.1 Å². The molecule has 0 aliphatic heterocycles. The third kappa shape index (κ3) is 5.79. The number of halogens is 1. The van der Waals surface area contributed by atoms with E-state index in [4.69, 9.17) is 9.47 Å². The average molecular weight is 371 g/mol. The van der Waals surface area contributed by atoms with E-state index in [1.165, 1.54) is 7.11 Å². The Morgan fingerprint density at radius 2 is 1.73 bits per heavy atom. The zero-order valence-corrected chi connectivity index (χ0v) is 15.3. The van der Waals surface area contributed by atoms with E-state index in [9.17, 15) is 9.59 Å². The first-order valence-electron chi connectivity index (χ1n) is 7.19. The van der Waals surface area contributed by atoms with E-state index in [0.29, 0.717) is 0 Å². The quantitative estimate of drug-likeness (QED) is 0.732. The lowest BCUT2D eigenvalue weighted by Crippen LogP contribution is -2.30. The third-order valence-electron chi connectivity index (χ3n) is 3.31. The molecule has 1 rings (SSSR count). The summed E-state index contributed by atoms with van der Waals surface area (Å²) in [5.74, 6) is -1.51. The molecule has 0 aliphatic carbocycles. The van der Waals surface area contributed by atoms with Gasteiger partial charge in [-0.25, -0.2) is 0 Å². The number of methoxy groups -OCH3 is 1. The number of esters is 2. The maximum Gasteiger partial charge on any atom is 0.309 e. The van der Waals surface area contributed by atoms with E-state index in [-0.39, 0.29) is 12.3 Å². The minimum atomic E-state index is -0.571. The van der Waals surface area contributed by atoms with Gasteiger partial charge in [0.1, 0.15) is 5.60 Å². The summed E-state index contributed by atoms with van der Waals surface area (Å²) in [5, 5.41) is 0. The highest BCUT2D eigenvalue weighted by Crippen LogP contribution is 2.29. The molecule has 0 N–H and O–H groups in total. The fourth-order valence-corrected chi connectivity index (χ4v) is 2.44. The van der Waals surface area contributed by atoms with Crippen LogP contribution in [0.4, 0.5) is 0 Å². The first-order chi connectivity index (χ1) is 10.1. The zero-order valence-electron chi connectivity index (χ0n) is 13.7. The van der Waals surface area contributed by atoms with Gasteiger partial charge < -0.3 is 9.47 Å². The first kappa shape index (κ1) is 18.7. The Kier molecular flexibility index (Phi) is 6.60. The average Bonchev–Trinajstić information content (AvgIpc) is 2.42.